The lowest BCUT2D eigenvalue weighted by Gasteiger charge is -2.47. The Labute approximate surface area is 233 Å². The molecule has 9 nitrogen and oxygen atoms in total. The molecule has 39 heavy (non-hydrogen) atoms. The van der Waals surface area contributed by atoms with Gasteiger partial charge in [-0.05, 0) is 57.9 Å². The first-order valence-electron chi connectivity index (χ1n) is 14.7. The Balaban J connectivity index is 1.64. The van der Waals surface area contributed by atoms with E-state index in [-0.39, 0.29) is 17.4 Å². The number of hydrogen-bond donors (Lipinski definition) is 3. The molecule has 1 aromatic heterocycles. The van der Waals surface area contributed by atoms with Gasteiger partial charge in [0.25, 0.3) is 5.91 Å². The predicted molar refractivity (Wildman–Crippen MR) is 152 cm³/mol. The van der Waals surface area contributed by atoms with Crippen LogP contribution in [0.1, 0.15) is 64.9 Å². The first kappa shape index (κ1) is 29.1. The van der Waals surface area contributed by atoms with E-state index in [9.17, 15) is 9.59 Å². The van der Waals surface area contributed by atoms with Crippen LogP contribution in [0.3, 0.4) is 0 Å². The number of ether oxygens (including phenoxy) is 1. The molecule has 9 heteroatoms. The molecule has 2 atom stereocenters. The zero-order valence-electron chi connectivity index (χ0n) is 24.1. The van der Waals surface area contributed by atoms with Crippen LogP contribution in [0.2, 0.25) is 0 Å². The van der Waals surface area contributed by atoms with Crippen molar-refractivity contribution < 1.29 is 14.3 Å². The summed E-state index contributed by atoms with van der Waals surface area (Å²) in [5.41, 5.74) is 0.945. The van der Waals surface area contributed by atoms with Gasteiger partial charge in [-0.25, -0.2) is 0 Å². The fourth-order valence-corrected chi connectivity index (χ4v) is 6.33. The molecular formula is C30H46N6O3. The van der Waals surface area contributed by atoms with Crippen molar-refractivity contribution in [3.63, 3.8) is 0 Å². The third kappa shape index (κ3) is 5.99. The standard InChI is InChI=1S/C30H46N6O3/c1-5-24-22-35(28(38)29(6-2)13-8-9-14-29)19-20-36(24)25-12-15-30(39-7-3,23-11-10-16-32-21-23)34-26(25)27(37)33-18-17-31-4/h10-12,15-16,21,24,31,34H,5-9,13-14,17-20,22H2,1-4H3,(H,33,37)/t24-,30?/m1/s1. The number of allylic oxidation sites excluding steroid dienone is 1. The van der Waals surface area contributed by atoms with Crippen molar-refractivity contribution >= 4 is 11.8 Å². The van der Waals surface area contributed by atoms with Crippen molar-refractivity contribution in [2.75, 3.05) is 46.4 Å². The Bertz CT molecular complexity index is 1050. The molecule has 3 aliphatic rings. The molecule has 2 aliphatic heterocycles. The van der Waals surface area contributed by atoms with Gasteiger partial charge in [-0.3, -0.25) is 14.6 Å². The van der Waals surface area contributed by atoms with Crippen LogP contribution in [0.5, 0.6) is 0 Å². The smallest absolute Gasteiger partial charge is 0.269 e. The van der Waals surface area contributed by atoms with E-state index in [2.05, 4.69) is 44.6 Å². The van der Waals surface area contributed by atoms with Gasteiger partial charge in [-0.15, -0.1) is 0 Å². The Morgan fingerprint density at radius 2 is 1.97 bits per heavy atom. The molecule has 0 bridgehead atoms. The maximum Gasteiger partial charge on any atom is 0.269 e. The highest BCUT2D eigenvalue weighted by molar-refractivity contribution is 5.94. The van der Waals surface area contributed by atoms with Gasteiger partial charge in [0.15, 0.2) is 5.72 Å². The largest absolute Gasteiger partial charge is 0.363 e. The number of carbonyl (C=O) groups is 2. The minimum absolute atomic E-state index is 0.109. The molecule has 1 saturated carbocycles. The van der Waals surface area contributed by atoms with Gasteiger partial charge in [0.2, 0.25) is 5.91 Å². The highest BCUT2D eigenvalue weighted by Crippen LogP contribution is 2.43. The summed E-state index contributed by atoms with van der Waals surface area (Å²) in [7, 11) is 1.86. The Morgan fingerprint density at radius 1 is 1.18 bits per heavy atom. The molecule has 4 rings (SSSR count). The molecule has 3 N–H and O–H groups in total. The SMILES string of the molecule is CCOC1(c2cccnc2)C=CC(N2CCN(C(=O)C3(CC)CCCC3)C[C@H]2CC)=C(C(=O)NCCNC)N1. The molecular weight excluding hydrogens is 492 g/mol. The number of likely N-dealkylation sites (N-methyl/N-ethyl adjacent to an activating group) is 1. The number of pyridine rings is 1. The van der Waals surface area contributed by atoms with Crippen molar-refractivity contribution in [2.24, 2.45) is 5.41 Å². The van der Waals surface area contributed by atoms with E-state index in [0.717, 1.165) is 49.8 Å². The fourth-order valence-electron chi connectivity index (χ4n) is 6.33. The molecule has 2 amide bonds. The lowest BCUT2D eigenvalue weighted by molar-refractivity contribution is -0.145. The van der Waals surface area contributed by atoms with E-state index in [4.69, 9.17) is 4.74 Å². The minimum Gasteiger partial charge on any atom is -0.363 e. The highest BCUT2D eigenvalue weighted by Gasteiger charge is 2.44. The summed E-state index contributed by atoms with van der Waals surface area (Å²) in [4.78, 5) is 36.0. The summed E-state index contributed by atoms with van der Waals surface area (Å²) in [5.74, 6) is 0.144. The third-order valence-electron chi connectivity index (χ3n) is 8.63. The van der Waals surface area contributed by atoms with Crippen LogP contribution in [0.4, 0.5) is 0 Å². The first-order chi connectivity index (χ1) is 18.9. The number of nitrogens with zero attached hydrogens (tertiary/aromatic N) is 3. The summed E-state index contributed by atoms with van der Waals surface area (Å²) in [6.45, 7) is 9.88. The molecule has 3 heterocycles. The summed E-state index contributed by atoms with van der Waals surface area (Å²) in [5, 5.41) is 9.60. The Kier molecular flexibility index (Phi) is 9.67. The molecule has 1 unspecified atom stereocenters. The van der Waals surface area contributed by atoms with Gasteiger partial charge < -0.3 is 30.5 Å². The van der Waals surface area contributed by atoms with Gasteiger partial charge >= 0.3 is 0 Å². The van der Waals surface area contributed by atoms with Gasteiger partial charge in [-0.1, -0.05) is 32.8 Å². The van der Waals surface area contributed by atoms with E-state index in [1.54, 1.807) is 12.4 Å². The highest BCUT2D eigenvalue weighted by atomic mass is 16.5. The van der Waals surface area contributed by atoms with Crippen LogP contribution in [0.15, 0.2) is 48.1 Å². The van der Waals surface area contributed by atoms with Crippen LogP contribution < -0.4 is 16.0 Å². The zero-order chi connectivity index (χ0) is 27.9. The van der Waals surface area contributed by atoms with Crippen molar-refractivity contribution in [1.82, 2.24) is 30.7 Å². The second kappa shape index (κ2) is 13.0. The zero-order valence-corrected chi connectivity index (χ0v) is 24.1. The number of piperazine rings is 1. The maximum atomic E-state index is 13.7. The van der Waals surface area contributed by atoms with Gasteiger partial charge in [-0.2, -0.15) is 0 Å². The fraction of sp³-hybridized carbons (Fsp3) is 0.633. The average Bonchev–Trinajstić information content (AvgIpc) is 3.48. The molecule has 0 aromatic carbocycles. The van der Waals surface area contributed by atoms with E-state index < -0.39 is 5.72 Å². The third-order valence-corrected chi connectivity index (χ3v) is 8.63. The molecule has 0 spiro atoms. The lowest BCUT2D eigenvalue weighted by atomic mass is 9.81. The number of carbonyl (C=O) groups excluding carboxylic acids is 2. The van der Waals surface area contributed by atoms with Crippen molar-refractivity contribution in [1.29, 1.82) is 0 Å². The Hall–Kier alpha value is -2.91. The quantitative estimate of drug-likeness (QED) is 0.373. The van der Waals surface area contributed by atoms with Crippen molar-refractivity contribution in [2.45, 2.75) is 71.1 Å². The normalized spacial score (nSPS) is 24.6. The number of nitrogens with one attached hydrogen (secondary N) is 3. The van der Waals surface area contributed by atoms with Crippen LogP contribution >= 0.6 is 0 Å². The molecule has 1 aliphatic carbocycles. The van der Waals surface area contributed by atoms with E-state index in [0.29, 0.717) is 50.9 Å². The molecule has 1 aromatic rings. The van der Waals surface area contributed by atoms with Crippen LogP contribution in [-0.4, -0.2) is 79.0 Å². The number of hydrogen-bond acceptors (Lipinski definition) is 7. The monoisotopic (exact) mass is 538 g/mol. The summed E-state index contributed by atoms with van der Waals surface area (Å²) < 4.78 is 6.24. The maximum absolute atomic E-state index is 13.7. The molecule has 214 valence electrons. The summed E-state index contributed by atoms with van der Waals surface area (Å²) in [6, 6.07) is 3.93. The second-order valence-electron chi connectivity index (χ2n) is 10.8. The summed E-state index contributed by atoms with van der Waals surface area (Å²) >= 11 is 0. The van der Waals surface area contributed by atoms with Gasteiger partial charge in [0.05, 0.1) is 5.70 Å². The van der Waals surface area contributed by atoms with E-state index in [1.165, 1.54) is 0 Å². The van der Waals surface area contributed by atoms with E-state index >= 15 is 0 Å². The minimum atomic E-state index is -1.00. The number of amides is 2. The van der Waals surface area contributed by atoms with Crippen molar-refractivity contribution in [3.8, 4) is 0 Å². The number of dihydropyridines is 1. The van der Waals surface area contributed by atoms with Crippen molar-refractivity contribution in [3.05, 3.63) is 53.6 Å². The average molecular weight is 539 g/mol. The molecule has 2 fully saturated rings. The Morgan fingerprint density at radius 3 is 2.62 bits per heavy atom. The number of aromatic nitrogens is 1. The van der Waals surface area contributed by atoms with Crippen LogP contribution in [-0.2, 0) is 20.1 Å². The summed E-state index contributed by atoms with van der Waals surface area (Å²) in [6.07, 6.45) is 13.6. The van der Waals surface area contributed by atoms with Gasteiger partial charge in [0, 0.05) is 68.7 Å². The second-order valence-corrected chi connectivity index (χ2v) is 10.8. The first-order valence-corrected chi connectivity index (χ1v) is 14.7. The topological polar surface area (TPSA) is 98.8 Å². The molecule has 0 radical (unpaired) electrons. The number of rotatable bonds is 11. The van der Waals surface area contributed by atoms with Gasteiger partial charge in [0.1, 0.15) is 5.70 Å². The lowest BCUT2D eigenvalue weighted by Crippen LogP contribution is -2.58. The van der Waals surface area contributed by atoms with Crippen LogP contribution in [0.25, 0.3) is 0 Å². The molecule has 1 saturated heterocycles. The van der Waals surface area contributed by atoms with Crippen LogP contribution in [0, 0.1) is 5.41 Å². The predicted octanol–water partition coefficient (Wildman–Crippen LogP) is 2.87. The van der Waals surface area contributed by atoms with E-state index in [1.807, 2.05) is 38.3 Å².